The van der Waals surface area contributed by atoms with E-state index >= 15 is 0 Å². The maximum Gasteiger partial charge on any atom is 0.293 e. The molecule has 4 rings (SSSR count). The van der Waals surface area contributed by atoms with Crippen LogP contribution in [0.2, 0.25) is 0 Å². The third-order valence-corrected chi connectivity index (χ3v) is 4.47. The first-order chi connectivity index (χ1) is 11.7. The number of carbonyl (C=O) groups is 1. The van der Waals surface area contributed by atoms with Crippen molar-refractivity contribution in [2.24, 2.45) is 0 Å². The molecule has 4 aromatic rings. The van der Waals surface area contributed by atoms with E-state index in [2.05, 4.69) is 10.3 Å². The number of hydrogen-bond acceptors (Lipinski definition) is 5. The highest BCUT2D eigenvalue weighted by atomic mass is 32.1. The van der Waals surface area contributed by atoms with Crippen molar-refractivity contribution in [3.8, 4) is 5.75 Å². The summed E-state index contributed by atoms with van der Waals surface area (Å²) in [7, 11) is 0. The number of nitrogens with one attached hydrogen (secondary N) is 1. The molecule has 2 aromatic heterocycles. The first-order valence-corrected chi connectivity index (χ1v) is 8.38. The summed E-state index contributed by atoms with van der Waals surface area (Å²) in [5.74, 6) is 0.754. The highest BCUT2D eigenvalue weighted by Crippen LogP contribution is 2.30. The fourth-order valence-corrected chi connectivity index (χ4v) is 3.36. The third kappa shape index (κ3) is 2.72. The minimum atomic E-state index is -0.310. The summed E-state index contributed by atoms with van der Waals surface area (Å²) < 4.78 is 12.0. The quantitative estimate of drug-likeness (QED) is 0.586. The van der Waals surface area contributed by atoms with E-state index in [4.69, 9.17) is 9.15 Å². The van der Waals surface area contributed by atoms with Gasteiger partial charge in [-0.15, -0.1) is 0 Å². The molecule has 120 valence electrons. The summed E-state index contributed by atoms with van der Waals surface area (Å²) in [6.07, 6.45) is 0. The van der Waals surface area contributed by atoms with Gasteiger partial charge in [0.15, 0.2) is 10.9 Å². The average Bonchev–Trinajstić information content (AvgIpc) is 3.17. The van der Waals surface area contributed by atoms with E-state index in [1.807, 2.05) is 49.4 Å². The normalized spacial score (nSPS) is 11.0. The Morgan fingerprint density at radius 3 is 2.96 bits per heavy atom. The molecule has 0 radical (unpaired) electrons. The molecule has 0 spiro atoms. The number of amides is 1. The zero-order chi connectivity index (χ0) is 16.5. The summed E-state index contributed by atoms with van der Waals surface area (Å²) in [5.41, 5.74) is 1.51. The van der Waals surface area contributed by atoms with Crippen LogP contribution in [0.1, 0.15) is 17.5 Å². The Morgan fingerprint density at radius 2 is 2.12 bits per heavy atom. The maximum atomic E-state index is 12.4. The van der Waals surface area contributed by atoms with Gasteiger partial charge < -0.3 is 9.15 Å². The molecule has 6 heteroatoms. The molecule has 2 heterocycles. The van der Waals surface area contributed by atoms with Gasteiger partial charge in [0.2, 0.25) is 0 Å². The molecule has 1 N–H and O–H groups in total. The van der Waals surface area contributed by atoms with Crippen molar-refractivity contribution in [1.82, 2.24) is 4.98 Å². The number of thiazole rings is 1. The van der Waals surface area contributed by atoms with E-state index in [1.165, 1.54) is 11.3 Å². The lowest BCUT2D eigenvalue weighted by atomic mass is 10.2. The molecular formula is C18H14N2O3S. The van der Waals surface area contributed by atoms with E-state index in [9.17, 15) is 4.79 Å². The number of carbonyl (C=O) groups excluding carboxylic acids is 1. The minimum absolute atomic E-state index is 0.269. The van der Waals surface area contributed by atoms with E-state index in [0.29, 0.717) is 17.3 Å². The number of anilines is 1. The number of para-hydroxylation sites is 1. The predicted molar refractivity (Wildman–Crippen MR) is 95.0 cm³/mol. The van der Waals surface area contributed by atoms with Crippen LogP contribution in [-0.4, -0.2) is 17.5 Å². The van der Waals surface area contributed by atoms with E-state index in [0.717, 1.165) is 21.4 Å². The fourth-order valence-electron chi connectivity index (χ4n) is 2.47. The standard InChI is InChI=1S/C18H14N2O3S/c1-2-22-12-7-8-13-16(10-12)24-18(19-13)20-17(21)15-9-11-5-3-4-6-14(11)23-15/h3-10H,2H2,1H3,(H,19,20,21). The van der Waals surface area contributed by atoms with Gasteiger partial charge in [-0.1, -0.05) is 29.5 Å². The zero-order valence-electron chi connectivity index (χ0n) is 12.9. The summed E-state index contributed by atoms with van der Waals surface area (Å²) >= 11 is 1.40. The monoisotopic (exact) mass is 338 g/mol. The Balaban J connectivity index is 1.59. The van der Waals surface area contributed by atoms with Crippen molar-refractivity contribution in [1.29, 1.82) is 0 Å². The first-order valence-electron chi connectivity index (χ1n) is 7.56. The summed E-state index contributed by atoms with van der Waals surface area (Å²) in [4.78, 5) is 16.8. The summed E-state index contributed by atoms with van der Waals surface area (Å²) in [6.45, 7) is 2.55. The summed E-state index contributed by atoms with van der Waals surface area (Å²) in [6, 6.07) is 14.9. The van der Waals surface area contributed by atoms with Crippen molar-refractivity contribution in [3.05, 3.63) is 54.3 Å². The number of aromatic nitrogens is 1. The molecule has 0 bridgehead atoms. The van der Waals surface area contributed by atoms with E-state index in [-0.39, 0.29) is 11.7 Å². The lowest BCUT2D eigenvalue weighted by Gasteiger charge is -2.00. The second-order valence-electron chi connectivity index (χ2n) is 5.18. The van der Waals surface area contributed by atoms with Crippen LogP contribution in [0.4, 0.5) is 5.13 Å². The molecule has 5 nitrogen and oxygen atoms in total. The van der Waals surface area contributed by atoms with Gasteiger partial charge >= 0.3 is 0 Å². The van der Waals surface area contributed by atoms with Crippen LogP contribution in [-0.2, 0) is 0 Å². The van der Waals surface area contributed by atoms with Crippen LogP contribution in [0, 0.1) is 0 Å². The highest BCUT2D eigenvalue weighted by Gasteiger charge is 2.14. The summed E-state index contributed by atoms with van der Waals surface area (Å²) in [5, 5.41) is 4.22. The number of fused-ring (bicyclic) bond motifs is 2. The Hall–Kier alpha value is -2.86. The first kappa shape index (κ1) is 14.7. The molecule has 0 atom stereocenters. The van der Waals surface area contributed by atoms with Crippen LogP contribution in [0.15, 0.2) is 52.9 Å². The molecule has 2 aromatic carbocycles. The number of benzene rings is 2. The van der Waals surface area contributed by atoms with Crippen molar-refractivity contribution < 1.29 is 13.9 Å². The number of rotatable bonds is 4. The third-order valence-electron chi connectivity index (χ3n) is 3.54. The molecule has 0 saturated heterocycles. The predicted octanol–water partition coefficient (Wildman–Crippen LogP) is 4.69. The lowest BCUT2D eigenvalue weighted by Crippen LogP contribution is -2.10. The van der Waals surface area contributed by atoms with Crippen LogP contribution in [0.25, 0.3) is 21.2 Å². The Kier molecular flexibility index (Phi) is 3.66. The van der Waals surface area contributed by atoms with Crippen molar-refractivity contribution in [3.63, 3.8) is 0 Å². The van der Waals surface area contributed by atoms with Gasteiger partial charge in [0.25, 0.3) is 5.91 Å². The van der Waals surface area contributed by atoms with Crippen LogP contribution in [0.3, 0.4) is 0 Å². The topological polar surface area (TPSA) is 64.4 Å². The Labute approximate surface area is 141 Å². The molecule has 0 aliphatic heterocycles. The number of hydrogen-bond donors (Lipinski definition) is 1. The van der Waals surface area contributed by atoms with Gasteiger partial charge in [-0.25, -0.2) is 4.98 Å². The van der Waals surface area contributed by atoms with Crippen LogP contribution < -0.4 is 10.1 Å². The SMILES string of the molecule is CCOc1ccc2nc(NC(=O)c3cc4ccccc4o3)sc2c1. The molecule has 0 aliphatic rings. The van der Waals surface area contributed by atoms with Crippen LogP contribution in [0.5, 0.6) is 5.75 Å². The maximum absolute atomic E-state index is 12.4. The van der Waals surface area contributed by atoms with Gasteiger partial charge in [0.05, 0.1) is 16.8 Å². The Bertz CT molecular complexity index is 1000. The number of ether oxygens (including phenoxy) is 1. The fraction of sp³-hybridized carbons (Fsp3) is 0.111. The van der Waals surface area contributed by atoms with Gasteiger partial charge in [0.1, 0.15) is 11.3 Å². The van der Waals surface area contributed by atoms with Gasteiger partial charge in [-0.3, -0.25) is 10.1 Å². The average molecular weight is 338 g/mol. The molecular weight excluding hydrogens is 324 g/mol. The number of nitrogens with zero attached hydrogens (tertiary/aromatic N) is 1. The molecule has 0 aliphatic carbocycles. The van der Waals surface area contributed by atoms with Crippen molar-refractivity contribution >= 4 is 43.6 Å². The van der Waals surface area contributed by atoms with E-state index in [1.54, 1.807) is 6.07 Å². The van der Waals surface area contributed by atoms with Crippen molar-refractivity contribution in [2.75, 3.05) is 11.9 Å². The Morgan fingerprint density at radius 1 is 1.25 bits per heavy atom. The highest BCUT2D eigenvalue weighted by molar-refractivity contribution is 7.22. The smallest absolute Gasteiger partial charge is 0.293 e. The van der Waals surface area contributed by atoms with Gasteiger partial charge in [0, 0.05) is 5.39 Å². The van der Waals surface area contributed by atoms with Gasteiger partial charge in [-0.2, -0.15) is 0 Å². The second-order valence-corrected chi connectivity index (χ2v) is 6.21. The molecule has 24 heavy (non-hydrogen) atoms. The molecule has 0 saturated carbocycles. The van der Waals surface area contributed by atoms with Gasteiger partial charge in [-0.05, 0) is 37.3 Å². The molecule has 0 unspecified atom stereocenters. The largest absolute Gasteiger partial charge is 0.494 e. The molecule has 0 fully saturated rings. The van der Waals surface area contributed by atoms with E-state index < -0.39 is 0 Å². The lowest BCUT2D eigenvalue weighted by molar-refractivity contribution is 0.0998. The van der Waals surface area contributed by atoms with Crippen LogP contribution >= 0.6 is 11.3 Å². The second kappa shape index (κ2) is 5.98. The minimum Gasteiger partial charge on any atom is -0.494 e. The number of furan rings is 1. The van der Waals surface area contributed by atoms with Crippen molar-refractivity contribution in [2.45, 2.75) is 6.92 Å². The molecule has 1 amide bonds. The zero-order valence-corrected chi connectivity index (χ0v) is 13.7.